The van der Waals surface area contributed by atoms with Gasteiger partial charge in [-0.1, -0.05) is 18.2 Å². The van der Waals surface area contributed by atoms with E-state index in [2.05, 4.69) is 15.3 Å². The van der Waals surface area contributed by atoms with Gasteiger partial charge in [-0.2, -0.15) is 0 Å². The van der Waals surface area contributed by atoms with E-state index in [0.29, 0.717) is 17.6 Å². The second kappa shape index (κ2) is 7.04. The van der Waals surface area contributed by atoms with Gasteiger partial charge in [-0.15, -0.1) is 0 Å². The SMILES string of the molecule is Cn1c(=O)[nH]c2cc(C(=O)NCc3cnc4c(ccn4-c4ccccc4)c3)ccc21. The smallest absolute Gasteiger partial charge is 0.326 e. The topological polar surface area (TPSA) is 84.7 Å². The van der Waals surface area contributed by atoms with E-state index in [4.69, 9.17) is 0 Å². The van der Waals surface area contributed by atoms with Crippen LogP contribution in [0.25, 0.3) is 27.8 Å². The molecule has 0 unspecified atom stereocenters. The first-order valence-corrected chi connectivity index (χ1v) is 9.58. The minimum absolute atomic E-state index is 0.204. The maximum Gasteiger partial charge on any atom is 0.326 e. The number of carbonyl (C=O) groups excluding carboxylic acids is 1. The number of H-pyrrole nitrogens is 1. The predicted molar refractivity (Wildman–Crippen MR) is 116 cm³/mol. The summed E-state index contributed by atoms with van der Waals surface area (Å²) in [6.07, 6.45) is 3.77. The van der Waals surface area contributed by atoms with E-state index in [0.717, 1.165) is 27.8 Å². The molecule has 5 rings (SSSR count). The Bertz CT molecular complexity index is 1440. The van der Waals surface area contributed by atoms with Crippen LogP contribution in [-0.4, -0.2) is 25.0 Å². The fourth-order valence-electron chi connectivity index (χ4n) is 3.63. The Morgan fingerprint density at radius 3 is 2.77 bits per heavy atom. The third-order valence-corrected chi connectivity index (χ3v) is 5.24. The van der Waals surface area contributed by atoms with Crippen molar-refractivity contribution in [2.75, 3.05) is 0 Å². The number of fused-ring (bicyclic) bond motifs is 2. The van der Waals surface area contributed by atoms with Crippen molar-refractivity contribution in [3.05, 3.63) is 94.7 Å². The number of hydrogen-bond acceptors (Lipinski definition) is 3. The molecular formula is C23H19N5O2. The van der Waals surface area contributed by atoms with Gasteiger partial charge in [-0.3, -0.25) is 9.36 Å². The highest BCUT2D eigenvalue weighted by Gasteiger charge is 2.10. The van der Waals surface area contributed by atoms with Gasteiger partial charge in [-0.05, 0) is 48.0 Å². The van der Waals surface area contributed by atoms with Crippen molar-refractivity contribution in [2.24, 2.45) is 7.05 Å². The first-order valence-electron chi connectivity index (χ1n) is 9.58. The summed E-state index contributed by atoms with van der Waals surface area (Å²) in [5, 5.41) is 3.93. The van der Waals surface area contributed by atoms with Crippen molar-refractivity contribution in [1.82, 2.24) is 24.4 Å². The van der Waals surface area contributed by atoms with E-state index in [1.165, 1.54) is 4.57 Å². The number of aryl methyl sites for hydroxylation is 1. The van der Waals surface area contributed by atoms with E-state index in [1.807, 2.05) is 53.2 Å². The molecule has 2 aromatic carbocycles. The average Bonchev–Trinajstić information content (AvgIpc) is 3.32. The molecule has 0 bridgehead atoms. The number of pyridine rings is 1. The largest absolute Gasteiger partial charge is 0.348 e. The monoisotopic (exact) mass is 397 g/mol. The van der Waals surface area contributed by atoms with Crippen LogP contribution in [0, 0.1) is 0 Å². The molecule has 5 aromatic rings. The second-order valence-corrected chi connectivity index (χ2v) is 7.18. The number of rotatable bonds is 4. The van der Waals surface area contributed by atoms with Gasteiger partial charge in [-0.25, -0.2) is 9.78 Å². The van der Waals surface area contributed by atoms with Crippen LogP contribution in [0.4, 0.5) is 0 Å². The Morgan fingerprint density at radius 1 is 1.10 bits per heavy atom. The Hall–Kier alpha value is -4.13. The van der Waals surface area contributed by atoms with Crippen LogP contribution >= 0.6 is 0 Å². The van der Waals surface area contributed by atoms with E-state index in [-0.39, 0.29) is 11.6 Å². The number of imidazole rings is 1. The molecule has 2 N–H and O–H groups in total. The highest BCUT2D eigenvalue weighted by Crippen LogP contribution is 2.19. The molecule has 0 aliphatic heterocycles. The molecule has 0 radical (unpaired) electrons. The molecule has 3 heterocycles. The van der Waals surface area contributed by atoms with E-state index < -0.39 is 0 Å². The predicted octanol–water partition coefficient (Wildman–Crippen LogP) is 3.14. The molecule has 0 fully saturated rings. The summed E-state index contributed by atoms with van der Waals surface area (Å²) in [7, 11) is 1.69. The highest BCUT2D eigenvalue weighted by molar-refractivity contribution is 5.97. The van der Waals surface area contributed by atoms with Crippen LogP contribution in [0.3, 0.4) is 0 Å². The van der Waals surface area contributed by atoms with Gasteiger partial charge < -0.3 is 14.9 Å². The molecule has 0 aliphatic rings. The van der Waals surface area contributed by atoms with Crippen molar-refractivity contribution in [3.8, 4) is 5.69 Å². The standard InChI is InChI=1S/C23H19N5O2/c1-27-20-8-7-17(12-19(20)26-23(27)30)22(29)25-14-15-11-16-9-10-28(21(16)24-13-15)18-5-3-2-4-6-18/h2-13H,14H2,1H3,(H,25,29)(H,26,30). The lowest BCUT2D eigenvalue weighted by Gasteiger charge is -2.07. The van der Waals surface area contributed by atoms with Gasteiger partial charge in [0.1, 0.15) is 5.65 Å². The van der Waals surface area contributed by atoms with Crippen LogP contribution in [-0.2, 0) is 13.6 Å². The lowest BCUT2D eigenvalue weighted by molar-refractivity contribution is 0.0951. The summed E-state index contributed by atoms with van der Waals surface area (Å²) in [6.45, 7) is 0.363. The zero-order valence-corrected chi connectivity index (χ0v) is 16.3. The van der Waals surface area contributed by atoms with Gasteiger partial charge in [0.15, 0.2) is 0 Å². The Labute approximate surface area is 171 Å². The van der Waals surface area contributed by atoms with Crippen LogP contribution in [0.1, 0.15) is 15.9 Å². The number of nitrogens with zero attached hydrogens (tertiary/aromatic N) is 3. The summed E-state index contributed by atoms with van der Waals surface area (Å²) in [4.78, 5) is 31.6. The van der Waals surface area contributed by atoms with Crippen molar-refractivity contribution in [2.45, 2.75) is 6.54 Å². The van der Waals surface area contributed by atoms with Crippen molar-refractivity contribution in [1.29, 1.82) is 0 Å². The number of aromatic amines is 1. The summed E-state index contributed by atoms with van der Waals surface area (Å²) < 4.78 is 3.55. The molecule has 148 valence electrons. The Kier molecular flexibility index (Phi) is 4.21. The van der Waals surface area contributed by atoms with E-state index in [9.17, 15) is 9.59 Å². The van der Waals surface area contributed by atoms with Gasteiger partial charge in [0.2, 0.25) is 0 Å². The molecule has 30 heavy (non-hydrogen) atoms. The van der Waals surface area contributed by atoms with Crippen molar-refractivity contribution in [3.63, 3.8) is 0 Å². The number of aromatic nitrogens is 4. The van der Waals surface area contributed by atoms with E-state index in [1.54, 1.807) is 31.4 Å². The maximum atomic E-state index is 12.6. The first kappa shape index (κ1) is 17.9. The summed E-state index contributed by atoms with van der Waals surface area (Å²) in [5.74, 6) is -0.205. The number of para-hydroxylation sites is 1. The van der Waals surface area contributed by atoms with Gasteiger partial charge in [0, 0.05) is 42.6 Å². The molecule has 0 saturated carbocycles. The Morgan fingerprint density at radius 2 is 1.93 bits per heavy atom. The lowest BCUT2D eigenvalue weighted by Crippen LogP contribution is -2.22. The lowest BCUT2D eigenvalue weighted by atomic mass is 10.1. The van der Waals surface area contributed by atoms with E-state index >= 15 is 0 Å². The molecule has 1 amide bonds. The molecule has 7 nitrogen and oxygen atoms in total. The minimum atomic E-state index is -0.205. The zero-order chi connectivity index (χ0) is 20.7. The number of benzene rings is 2. The number of hydrogen-bond donors (Lipinski definition) is 2. The van der Waals surface area contributed by atoms with Gasteiger partial charge in [0.05, 0.1) is 11.0 Å². The molecule has 0 saturated heterocycles. The zero-order valence-electron chi connectivity index (χ0n) is 16.3. The van der Waals surface area contributed by atoms with Crippen LogP contribution in [0.5, 0.6) is 0 Å². The molecule has 3 aromatic heterocycles. The third-order valence-electron chi connectivity index (χ3n) is 5.24. The maximum absolute atomic E-state index is 12.6. The summed E-state index contributed by atoms with van der Waals surface area (Å²) >= 11 is 0. The fourth-order valence-corrected chi connectivity index (χ4v) is 3.63. The average molecular weight is 397 g/mol. The number of nitrogens with one attached hydrogen (secondary N) is 2. The number of carbonyl (C=O) groups is 1. The second-order valence-electron chi connectivity index (χ2n) is 7.18. The van der Waals surface area contributed by atoms with Crippen molar-refractivity contribution >= 4 is 28.0 Å². The highest BCUT2D eigenvalue weighted by atomic mass is 16.2. The Balaban J connectivity index is 1.35. The summed E-state index contributed by atoms with van der Waals surface area (Å²) in [6, 6.07) is 19.2. The fraction of sp³-hybridized carbons (Fsp3) is 0.0870. The molecular weight excluding hydrogens is 378 g/mol. The van der Waals surface area contributed by atoms with Gasteiger partial charge >= 0.3 is 5.69 Å². The molecule has 0 aliphatic carbocycles. The molecule has 0 spiro atoms. The minimum Gasteiger partial charge on any atom is -0.348 e. The molecule has 7 heteroatoms. The van der Waals surface area contributed by atoms with Crippen LogP contribution in [0.15, 0.2) is 77.9 Å². The number of amides is 1. The first-order chi connectivity index (χ1) is 14.6. The van der Waals surface area contributed by atoms with Crippen LogP contribution < -0.4 is 11.0 Å². The third kappa shape index (κ3) is 3.06. The normalized spacial score (nSPS) is 11.2. The van der Waals surface area contributed by atoms with Crippen LogP contribution in [0.2, 0.25) is 0 Å². The van der Waals surface area contributed by atoms with Crippen molar-refractivity contribution < 1.29 is 4.79 Å². The molecule has 0 atom stereocenters. The van der Waals surface area contributed by atoms with Gasteiger partial charge in [0.25, 0.3) is 5.91 Å². The quantitative estimate of drug-likeness (QED) is 0.489. The summed E-state index contributed by atoms with van der Waals surface area (Å²) in [5.41, 5.74) is 4.52.